The van der Waals surface area contributed by atoms with Crippen molar-refractivity contribution in [2.75, 3.05) is 13.7 Å². The molecule has 0 aromatic heterocycles. The molecule has 2 N–H and O–H groups in total. The molecule has 0 aliphatic rings. The van der Waals surface area contributed by atoms with Gasteiger partial charge in [0.25, 0.3) is 0 Å². The molecule has 0 saturated carbocycles. The fraction of sp³-hybridized carbons (Fsp3) is 0.333. The van der Waals surface area contributed by atoms with Crippen LogP contribution in [0.5, 0.6) is 11.5 Å². The van der Waals surface area contributed by atoms with Crippen LogP contribution in [0, 0.1) is 0 Å². The summed E-state index contributed by atoms with van der Waals surface area (Å²) in [6.45, 7) is 6.25. The summed E-state index contributed by atoms with van der Waals surface area (Å²) >= 11 is 1.50. The van der Waals surface area contributed by atoms with Gasteiger partial charge in [0, 0.05) is 17.4 Å². The second kappa shape index (κ2) is 6.33. The highest BCUT2D eigenvalue weighted by Gasteiger charge is 2.05. The topological polar surface area (TPSA) is 44.5 Å². The maximum Gasteiger partial charge on any atom is 0.126 e. The Morgan fingerprint density at radius 3 is 2.81 bits per heavy atom. The Morgan fingerprint density at radius 1 is 1.50 bits per heavy atom. The number of methoxy groups -OCH3 is 1. The molecule has 4 heteroatoms. The lowest BCUT2D eigenvalue weighted by Crippen LogP contribution is -1.96. The highest BCUT2D eigenvalue weighted by molar-refractivity contribution is 8.02. The Bertz CT molecular complexity index is 366. The average Bonchev–Trinajstić information content (AvgIpc) is 2.27. The van der Waals surface area contributed by atoms with Gasteiger partial charge in [0.2, 0.25) is 0 Å². The molecule has 88 valence electrons. The minimum absolute atomic E-state index is 0.607. The minimum Gasteiger partial charge on any atom is -0.496 e. The molecular weight excluding hydrogens is 222 g/mol. The lowest BCUT2D eigenvalue weighted by Gasteiger charge is -2.10. The van der Waals surface area contributed by atoms with E-state index in [-0.39, 0.29) is 0 Å². The van der Waals surface area contributed by atoms with Crippen molar-refractivity contribution >= 4 is 11.8 Å². The van der Waals surface area contributed by atoms with Crippen molar-refractivity contribution in [3.63, 3.8) is 0 Å². The Labute approximate surface area is 101 Å². The largest absolute Gasteiger partial charge is 0.496 e. The predicted molar refractivity (Wildman–Crippen MR) is 68.8 cm³/mol. The van der Waals surface area contributed by atoms with Gasteiger partial charge in [-0.05, 0) is 13.0 Å². The maximum atomic E-state index is 5.51. The maximum absolute atomic E-state index is 5.51. The van der Waals surface area contributed by atoms with E-state index in [0.717, 1.165) is 22.8 Å². The van der Waals surface area contributed by atoms with Crippen LogP contribution in [0.1, 0.15) is 12.5 Å². The molecule has 0 bridgehead atoms. The summed E-state index contributed by atoms with van der Waals surface area (Å²) in [7, 11) is 1.65. The van der Waals surface area contributed by atoms with Crippen LogP contribution in [0.4, 0.5) is 0 Å². The number of nitrogens with two attached hydrogens (primary N) is 1. The van der Waals surface area contributed by atoms with Crippen molar-refractivity contribution in [3.8, 4) is 11.5 Å². The standard InChI is InChI=1S/C12H17NO2S/c1-4-15-11-6-5-10(8-16-9(2)13)12(7-11)14-3/h5-7H,2,4,8,13H2,1,3H3. The van der Waals surface area contributed by atoms with Crippen molar-refractivity contribution in [2.24, 2.45) is 5.73 Å². The van der Waals surface area contributed by atoms with Crippen molar-refractivity contribution in [3.05, 3.63) is 35.4 Å². The molecule has 0 spiro atoms. The van der Waals surface area contributed by atoms with E-state index in [2.05, 4.69) is 6.58 Å². The molecule has 0 atom stereocenters. The number of ether oxygens (including phenoxy) is 2. The molecule has 1 rings (SSSR count). The van der Waals surface area contributed by atoms with Gasteiger partial charge in [0.05, 0.1) is 18.7 Å². The van der Waals surface area contributed by atoms with Crippen LogP contribution in [0.3, 0.4) is 0 Å². The van der Waals surface area contributed by atoms with Gasteiger partial charge in [-0.25, -0.2) is 0 Å². The van der Waals surface area contributed by atoms with Crippen molar-refractivity contribution in [2.45, 2.75) is 12.7 Å². The normalized spacial score (nSPS) is 9.88. The van der Waals surface area contributed by atoms with Gasteiger partial charge >= 0.3 is 0 Å². The molecular formula is C12H17NO2S. The fourth-order valence-electron chi connectivity index (χ4n) is 1.27. The number of thioether (sulfide) groups is 1. The van der Waals surface area contributed by atoms with E-state index in [1.807, 2.05) is 25.1 Å². The molecule has 0 saturated heterocycles. The third-order valence-corrected chi connectivity index (χ3v) is 2.81. The van der Waals surface area contributed by atoms with Gasteiger partial charge in [-0.3, -0.25) is 0 Å². The van der Waals surface area contributed by atoms with E-state index in [0.29, 0.717) is 11.6 Å². The van der Waals surface area contributed by atoms with Crippen LogP contribution in [-0.4, -0.2) is 13.7 Å². The average molecular weight is 239 g/mol. The van der Waals surface area contributed by atoms with Crippen molar-refractivity contribution in [1.82, 2.24) is 0 Å². The van der Waals surface area contributed by atoms with E-state index >= 15 is 0 Å². The van der Waals surface area contributed by atoms with Gasteiger partial charge in [-0.2, -0.15) is 0 Å². The molecule has 0 aliphatic carbocycles. The van der Waals surface area contributed by atoms with Crippen LogP contribution in [0.2, 0.25) is 0 Å². The zero-order chi connectivity index (χ0) is 12.0. The SMILES string of the molecule is C=C(N)SCc1ccc(OCC)cc1OC. The Balaban J connectivity index is 2.80. The molecule has 0 fully saturated rings. The molecule has 3 nitrogen and oxygen atoms in total. The summed E-state index contributed by atoms with van der Waals surface area (Å²) in [4.78, 5) is 0. The summed E-state index contributed by atoms with van der Waals surface area (Å²) in [6, 6.07) is 5.81. The van der Waals surface area contributed by atoms with Gasteiger partial charge in [-0.15, -0.1) is 11.8 Å². The summed E-state index contributed by atoms with van der Waals surface area (Å²) in [6.07, 6.45) is 0. The number of rotatable bonds is 6. The van der Waals surface area contributed by atoms with E-state index in [1.54, 1.807) is 7.11 Å². The van der Waals surface area contributed by atoms with E-state index in [4.69, 9.17) is 15.2 Å². The van der Waals surface area contributed by atoms with E-state index in [9.17, 15) is 0 Å². The highest BCUT2D eigenvalue weighted by atomic mass is 32.2. The first kappa shape index (κ1) is 12.8. The minimum atomic E-state index is 0.607. The van der Waals surface area contributed by atoms with Crippen molar-refractivity contribution < 1.29 is 9.47 Å². The van der Waals surface area contributed by atoms with Crippen LogP contribution in [0.15, 0.2) is 29.8 Å². The summed E-state index contributed by atoms with van der Waals surface area (Å²) in [5.74, 6) is 2.39. The third-order valence-electron chi connectivity index (χ3n) is 1.98. The second-order valence-electron chi connectivity index (χ2n) is 3.16. The second-order valence-corrected chi connectivity index (χ2v) is 4.26. The van der Waals surface area contributed by atoms with E-state index in [1.165, 1.54) is 11.8 Å². The molecule has 0 amide bonds. The first-order valence-electron chi connectivity index (χ1n) is 5.04. The Hall–Kier alpha value is -1.29. The van der Waals surface area contributed by atoms with Gasteiger partial charge in [0.15, 0.2) is 0 Å². The fourth-order valence-corrected chi connectivity index (χ4v) is 1.85. The lowest BCUT2D eigenvalue weighted by molar-refractivity contribution is 0.336. The van der Waals surface area contributed by atoms with Gasteiger partial charge < -0.3 is 15.2 Å². The quantitative estimate of drug-likeness (QED) is 0.829. The summed E-state index contributed by atoms with van der Waals surface area (Å²) < 4.78 is 10.7. The number of benzene rings is 1. The van der Waals surface area contributed by atoms with Crippen LogP contribution >= 0.6 is 11.8 Å². The number of hydrogen-bond acceptors (Lipinski definition) is 4. The first-order valence-corrected chi connectivity index (χ1v) is 6.02. The lowest BCUT2D eigenvalue weighted by atomic mass is 10.2. The van der Waals surface area contributed by atoms with Crippen LogP contribution in [0.25, 0.3) is 0 Å². The van der Waals surface area contributed by atoms with Gasteiger partial charge in [-0.1, -0.05) is 12.6 Å². The monoisotopic (exact) mass is 239 g/mol. The zero-order valence-electron chi connectivity index (χ0n) is 9.66. The molecule has 0 unspecified atom stereocenters. The molecule has 16 heavy (non-hydrogen) atoms. The highest BCUT2D eigenvalue weighted by Crippen LogP contribution is 2.28. The van der Waals surface area contributed by atoms with E-state index < -0.39 is 0 Å². The van der Waals surface area contributed by atoms with Crippen LogP contribution < -0.4 is 15.2 Å². The van der Waals surface area contributed by atoms with Crippen molar-refractivity contribution in [1.29, 1.82) is 0 Å². The first-order chi connectivity index (χ1) is 7.67. The molecule has 0 radical (unpaired) electrons. The Morgan fingerprint density at radius 2 is 2.25 bits per heavy atom. The predicted octanol–water partition coefficient (Wildman–Crippen LogP) is 2.76. The Kier molecular flexibility index (Phi) is 5.05. The van der Waals surface area contributed by atoms with Gasteiger partial charge in [0.1, 0.15) is 11.5 Å². The molecule has 1 aromatic carbocycles. The smallest absolute Gasteiger partial charge is 0.126 e. The third kappa shape index (κ3) is 3.70. The molecule has 0 heterocycles. The summed E-state index contributed by atoms with van der Waals surface area (Å²) in [5, 5.41) is 0.607. The zero-order valence-corrected chi connectivity index (χ0v) is 10.5. The molecule has 1 aromatic rings. The summed E-state index contributed by atoms with van der Waals surface area (Å²) in [5.41, 5.74) is 6.60. The van der Waals surface area contributed by atoms with Crippen LogP contribution in [-0.2, 0) is 5.75 Å². The number of hydrogen-bond donors (Lipinski definition) is 1. The molecule has 0 aliphatic heterocycles.